The SMILES string of the molecule is O=C1N[N+](=S)CN1c1ccccc1F. The zero-order valence-corrected chi connectivity index (χ0v) is 7.92. The van der Waals surface area contributed by atoms with Crippen molar-refractivity contribution >= 4 is 24.1 Å². The Hall–Kier alpha value is -1.56. The van der Waals surface area contributed by atoms with E-state index in [9.17, 15) is 9.18 Å². The number of carbonyl (C=O) groups excluding carboxylic acids is 1. The van der Waals surface area contributed by atoms with E-state index in [2.05, 4.69) is 5.43 Å². The van der Waals surface area contributed by atoms with Gasteiger partial charge in [0, 0.05) is 0 Å². The van der Waals surface area contributed by atoms with Crippen LogP contribution in [0.4, 0.5) is 14.9 Å². The monoisotopic (exact) mass is 212 g/mol. The number of hydrazine groups is 1. The average molecular weight is 212 g/mol. The lowest BCUT2D eigenvalue weighted by atomic mass is 10.3. The van der Waals surface area contributed by atoms with Crippen LogP contribution in [0.1, 0.15) is 0 Å². The van der Waals surface area contributed by atoms with Gasteiger partial charge in [-0.05, 0) is 16.2 Å². The van der Waals surface area contributed by atoms with Gasteiger partial charge < -0.3 is 0 Å². The summed E-state index contributed by atoms with van der Waals surface area (Å²) in [5.74, 6) is -0.437. The molecule has 0 aromatic heterocycles. The van der Waals surface area contributed by atoms with Crippen molar-refractivity contribution in [3.05, 3.63) is 30.1 Å². The van der Waals surface area contributed by atoms with E-state index in [1.807, 2.05) is 0 Å². The second kappa shape index (κ2) is 3.30. The number of halogens is 1. The fraction of sp³-hybridized carbons (Fsp3) is 0.125. The molecule has 1 aromatic carbocycles. The van der Waals surface area contributed by atoms with Crippen LogP contribution in [0, 0.1) is 5.82 Å². The highest BCUT2D eigenvalue weighted by atomic mass is 32.1. The highest BCUT2D eigenvalue weighted by Gasteiger charge is 2.33. The van der Waals surface area contributed by atoms with Gasteiger partial charge in [-0.1, -0.05) is 17.6 Å². The Bertz CT molecular complexity index is 409. The van der Waals surface area contributed by atoms with Crippen molar-refractivity contribution in [1.29, 1.82) is 0 Å². The molecule has 0 bridgehead atoms. The highest BCUT2D eigenvalue weighted by Crippen LogP contribution is 2.19. The summed E-state index contributed by atoms with van der Waals surface area (Å²) in [4.78, 5) is 12.5. The van der Waals surface area contributed by atoms with E-state index in [0.29, 0.717) is 0 Å². The smallest absolute Gasteiger partial charge is 0.242 e. The second-order valence-corrected chi connectivity index (χ2v) is 3.26. The first-order chi connectivity index (χ1) is 6.68. The predicted molar refractivity (Wildman–Crippen MR) is 49.9 cm³/mol. The van der Waals surface area contributed by atoms with E-state index in [4.69, 9.17) is 12.4 Å². The fourth-order valence-corrected chi connectivity index (χ4v) is 1.44. The summed E-state index contributed by atoms with van der Waals surface area (Å²) in [7, 11) is 0. The predicted octanol–water partition coefficient (Wildman–Crippen LogP) is 0.971. The molecule has 0 unspecified atom stereocenters. The third-order valence-corrected chi connectivity index (χ3v) is 2.09. The topological polar surface area (TPSA) is 35.4 Å². The maximum Gasteiger partial charge on any atom is 0.381 e. The Morgan fingerprint density at radius 1 is 1.50 bits per heavy atom. The molecule has 0 spiro atoms. The number of nitrogens with one attached hydrogen (secondary N) is 1. The summed E-state index contributed by atoms with van der Waals surface area (Å²) < 4.78 is 14.4. The number of amides is 2. The number of benzene rings is 1. The Morgan fingerprint density at radius 3 is 2.79 bits per heavy atom. The normalized spacial score (nSPS) is 15.9. The second-order valence-electron chi connectivity index (χ2n) is 2.82. The van der Waals surface area contributed by atoms with Gasteiger partial charge >= 0.3 is 6.03 Å². The largest absolute Gasteiger partial charge is 0.381 e. The van der Waals surface area contributed by atoms with E-state index >= 15 is 0 Å². The molecule has 72 valence electrons. The minimum Gasteiger partial charge on any atom is -0.242 e. The lowest BCUT2D eigenvalue weighted by Crippen LogP contribution is -2.28. The van der Waals surface area contributed by atoms with E-state index in [-0.39, 0.29) is 12.4 Å². The number of hydrogen-bond donors (Lipinski definition) is 1. The first kappa shape index (κ1) is 9.01. The number of rotatable bonds is 1. The molecule has 0 saturated carbocycles. The fourth-order valence-electron chi connectivity index (χ4n) is 1.25. The average Bonchev–Trinajstić information content (AvgIpc) is 2.46. The molecule has 6 heteroatoms. The maximum atomic E-state index is 13.3. The molecule has 1 fully saturated rings. The Morgan fingerprint density at radius 2 is 2.21 bits per heavy atom. The summed E-state index contributed by atoms with van der Waals surface area (Å²) in [6, 6.07) is 5.65. The molecule has 0 aliphatic carbocycles. The zero-order valence-electron chi connectivity index (χ0n) is 7.11. The van der Waals surface area contributed by atoms with Crippen molar-refractivity contribution in [3.63, 3.8) is 0 Å². The van der Waals surface area contributed by atoms with Gasteiger partial charge in [0.1, 0.15) is 5.82 Å². The first-order valence-electron chi connectivity index (χ1n) is 3.96. The molecule has 2 rings (SSSR count). The van der Waals surface area contributed by atoms with Crippen LogP contribution in [-0.4, -0.2) is 16.8 Å². The molecule has 1 N–H and O–H groups in total. The Balaban J connectivity index is 2.36. The van der Waals surface area contributed by atoms with Gasteiger partial charge in [0.15, 0.2) is 0 Å². The molecule has 1 aliphatic rings. The van der Waals surface area contributed by atoms with Crippen LogP contribution in [0.15, 0.2) is 24.3 Å². The summed E-state index contributed by atoms with van der Waals surface area (Å²) in [5.41, 5.74) is 2.59. The number of carbonyl (C=O) groups is 1. The van der Waals surface area contributed by atoms with Crippen molar-refractivity contribution in [1.82, 2.24) is 5.43 Å². The maximum absolute atomic E-state index is 13.3. The number of para-hydroxylation sites is 1. The molecular formula is C8H7FN3OS+. The van der Waals surface area contributed by atoms with Crippen LogP contribution in [-0.2, 0) is 12.4 Å². The molecule has 14 heavy (non-hydrogen) atoms. The van der Waals surface area contributed by atoms with Gasteiger partial charge in [-0.3, -0.25) is 0 Å². The van der Waals surface area contributed by atoms with Gasteiger partial charge in [-0.15, -0.1) is 0 Å². The van der Waals surface area contributed by atoms with Crippen molar-refractivity contribution in [2.75, 3.05) is 11.6 Å². The molecule has 1 aliphatic heterocycles. The summed E-state index contributed by atoms with van der Waals surface area (Å²) in [6.07, 6.45) is 0. The van der Waals surface area contributed by atoms with E-state index < -0.39 is 11.8 Å². The van der Waals surface area contributed by atoms with Crippen LogP contribution in [0.2, 0.25) is 0 Å². The lowest BCUT2D eigenvalue weighted by molar-refractivity contribution is -0.527. The van der Waals surface area contributed by atoms with E-state index in [0.717, 1.165) is 0 Å². The molecule has 1 heterocycles. The highest BCUT2D eigenvalue weighted by molar-refractivity contribution is 7.44. The molecule has 0 radical (unpaired) electrons. The van der Waals surface area contributed by atoms with Gasteiger partial charge in [-0.2, -0.15) is 0 Å². The quantitative estimate of drug-likeness (QED) is 0.704. The molecule has 2 amide bonds. The van der Waals surface area contributed by atoms with Crippen molar-refractivity contribution in [2.24, 2.45) is 0 Å². The van der Waals surface area contributed by atoms with Crippen molar-refractivity contribution in [2.45, 2.75) is 0 Å². The summed E-state index contributed by atoms with van der Waals surface area (Å²) >= 11 is 4.74. The standard InChI is InChI=1S/C8H6FN3OS/c9-6-3-1-2-4-7(6)11-5-12(14)10-8(11)13/h1-4H,5H2/p+1. The van der Waals surface area contributed by atoms with Crippen LogP contribution >= 0.6 is 0 Å². The lowest BCUT2D eigenvalue weighted by Gasteiger charge is -2.09. The third-order valence-electron chi connectivity index (χ3n) is 1.88. The van der Waals surface area contributed by atoms with Crippen LogP contribution < -0.4 is 10.3 Å². The third kappa shape index (κ3) is 1.44. The molecule has 0 atom stereocenters. The van der Waals surface area contributed by atoms with Crippen LogP contribution in [0.25, 0.3) is 0 Å². The van der Waals surface area contributed by atoms with Crippen molar-refractivity contribution in [3.8, 4) is 0 Å². The van der Waals surface area contributed by atoms with Crippen LogP contribution in [0.3, 0.4) is 0 Å². The Kier molecular flexibility index (Phi) is 2.12. The number of anilines is 1. The zero-order chi connectivity index (χ0) is 10.1. The molecular weight excluding hydrogens is 205 g/mol. The van der Waals surface area contributed by atoms with Gasteiger partial charge in [0.05, 0.1) is 5.69 Å². The molecule has 4 nitrogen and oxygen atoms in total. The van der Waals surface area contributed by atoms with Gasteiger partial charge in [-0.25, -0.2) is 14.1 Å². The summed E-state index contributed by atoms with van der Waals surface area (Å²) in [5, 5.41) is 0. The van der Waals surface area contributed by atoms with E-state index in [1.165, 1.54) is 21.1 Å². The minimum absolute atomic E-state index is 0.162. The number of hydrogen-bond acceptors (Lipinski definition) is 2. The van der Waals surface area contributed by atoms with Gasteiger partial charge in [0.2, 0.25) is 0 Å². The van der Waals surface area contributed by atoms with Crippen LogP contribution in [0.5, 0.6) is 0 Å². The summed E-state index contributed by atoms with van der Waals surface area (Å²) in [6.45, 7) is 0.162. The first-order valence-corrected chi connectivity index (χ1v) is 4.32. The molecule has 1 saturated heterocycles. The Labute approximate surface area is 85.1 Å². The number of nitrogens with zero attached hydrogens (tertiary/aromatic N) is 2. The minimum atomic E-state index is -0.437. The van der Waals surface area contributed by atoms with Gasteiger partial charge in [0.25, 0.3) is 19.1 Å². The molecule has 1 aromatic rings. The number of urea groups is 1. The van der Waals surface area contributed by atoms with E-state index in [1.54, 1.807) is 12.1 Å². The van der Waals surface area contributed by atoms with Crippen molar-refractivity contribution < 1.29 is 13.2 Å².